The molecule has 0 aliphatic carbocycles. The summed E-state index contributed by atoms with van der Waals surface area (Å²) in [5.41, 5.74) is 0.396. The van der Waals surface area contributed by atoms with Crippen molar-refractivity contribution in [2.24, 2.45) is 0 Å². The molecule has 0 aliphatic rings. The number of nitrogens with one attached hydrogen (secondary N) is 1. The summed E-state index contributed by atoms with van der Waals surface area (Å²) in [7, 11) is 0. The van der Waals surface area contributed by atoms with Crippen molar-refractivity contribution >= 4 is 17.3 Å². The van der Waals surface area contributed by atoms with Gasteiger partial charge in [-0.1, -0.05) is 0 Å². The fourth-order valence-corrected chi connectivity index (χ4v) is 1.56. The van der Waals surface area contributed by atoms with E-state index in [4.69, 9.17) is 4.74 Å². The lowest BCUT2D eigenvalue weighted by atomic mass is 10.2. The summed E-state index contributed by atoms with van der Waals surface area (Å²) in [6, 6.07) is 6.17. The normalized spacial score (nSPS) is 10.9. The summed E-state index contributed by atoms with van der Waals surface area (Å²) < 4.78 is 5.19. The topological polar surface area (TPSA) is 81.5 Å². The number of non-ortho nitro benzene ring substituents is 1. The Bertz CT molecular complexity index is 463. The predicted molar refractivity (Wildman–Crippen MR) is 76.7 cm³/mol. The van der Waals surface area contributed by atoms with Crippen LogP contribution in [0.15, 0.2) is 24.3 Å². The highest BCUT2D eigenvalue weighted by Gasteiger charge is 2.15. The van der Waals surface area contributed by atoms with Crippen LogP contribution < -0.4 is 5.32 Å². The number of hydrogen-bond acceptors (Lipinski definition) is 5. The van der Waals surface area contributed by atoms with Gasteiger partial charge in [0.1, 0.15) is 5.60 Å². The quantitative estimate of drug-likeness (QED) is 0.374. The van der Waals surface area contributed by atoms with Gasteiger partial charge in [-0.15, -0.1) is 0 Å². The zero-order chi connectivity index (χ0) is 15.2. The lowest BCUT2D eigenvalue weighted by Crippen LogP contribution is -2.24. The van der Waals surface area contributed by atoms with Crippen LogP contribution >= 0.6 is 0 Å². The lowest BCUT2D eigenvalue weighted by Gasteiger charge is -2.19. The van der Waals surface area contributed by atoms with Crippen LogP contribution in [0.1, 0.15) is 33.6 Å². The van der Waals surface area contributed by atoms with E-state index >= 15 is 0 Å². The fraction of sp³-hybridized carbons (Fsp3) is 0.500. The molecular formula is C14H20N2O4. The highest BCUT2D eigenvalue weighted by atomic mass is 16.6. The molecule has 0 atom stereocenters. The largest absolute Gasteiger partial charge is 0.460 e. The third-order valence-electron chi connectivity index (χ3n) is 2.38. The van der Waals surface area contributed by atoms with Crippen LogP contribution in [0.5, 0.6) is 0 Å². The maximum Gasteiger partial charge on any atom is 0.306 e. The number of rotatable bonds is 6. The maximum absolute atomic E-state index is 11.5. The second kappa shape index (κ2) is 6.88. The Morgan fingerprint density at radius 3 is 2.40 bits per heavy atom. The molecule has 0 aromatic heterocycles. The van der Waals surface area contributed by atoms with Crippen molar-refractivity contribution in [3.05, 3.63) is 34.4 Å². The molecule has 6 nitrogen and oxygen atoms in total. The van der Waals surface area contributed by atoms with E-state index in [1.807, 2.05) is 20.8 Å². The minimum Gasteiger partial charge on any atom is -0.460 e. The second-order valence-corrected chi connectivity index (χ2v) is 5.42. The molecule has 6 heteroatoms. The van der Waals surface area contributed by atoms with E-state index in [-0.39, 0.29) is 11.7 Å². The van der Waals surface area contributed by atoms with E-state index < -0.39 is 10.5 Å². The van der Waals surface area contributed by atoms with E-state index in [1.165, 1.54) is 12.1 Å². The Morgan fingerprint density at radius 2 is 1.90 bits per heavy atom. The van der Waals surface area contributed by atoms with Gasteiger partial charge in [-0.25, -0.2) is 0 Å². The van der Waals surface area contributed by atoms with Crippen LogP contribution in [0.25, 0.3) is 0 Å². The molecule has 0 radical (unpaired) electrons. The van der Waals surface area contributed by atoms with Gasteiger partial charge in [0.15, 0.2) is 0 Å². The molecule has 110 valence electrons. The van der Waals surface area contributed by atoms with Crippen molar-refractivity contribution in [1.29, 1.82) is 0 Å². The van der Waals surface area contributed by atoms with Crippen LogP contribution in [-0.4, -0.2) is 23.0 Å². The van der Waals surface area contributed by atoms with Gasteiger partial charge in [0.25, 0.3) is 5.69 Å². The molecule has 1 N–H and O–H groups in total. The van der Waals surface area contributed by atoms with Gasteiger partial charge in [-0.3, -0.25) is 14.9 Å². The zero-order valence-corrected chi connectivity index (χ0v) is 12.0. The molecular weight excluding hydrogens is 260 g/mol. The number of nitro benzene ring substituents is 1. The Hall–Kier alpha value is -2.11. The Kier molecular flexibility index (Phi) is 5.49. The fourth-order valence-electron chi connectivity index (χ4n) is 1.56. The third kappa shape index (κ3) is 6.17. The first-order valence-corrected chi connectivity index (χ1v) is 6.48. The van der Waals surface area contributed by atoms with Crippen LogP contribution in [0.3, 0.4) is 0 Å². The van der Waals surface area contributed by atoms with E-state index in [0.717, 1.165) is 5.69 Å². The number of carbonyl (C=O) groups excluding carboxylic acids is 1. The molecule has 1 rings (SSSR count). The molecule has 0 fully saturated rings. The molecule has 0 aliphatic heterocycles. The van der Waals surface area contributed by atoms with Crippen LogP contribution in [0.4, 0.5) is 11.4 Å². The molecule has 0 spiro atoms. The van der Waals surface area contributed by atoms with Crippen molar-refractivity contribution in [2.75, 3.05) is 11.9 Å². The summed E-state index contributed by atoms with van der Waals surface area (Å²) in [6.45, 7) is 6.11. The number of anilines is 1. The Morgan fingerprint density at radius 1 is 1.30 bits per heavy atom. The van der Waals surface area contributed by atoms with E-state index in [0.29, 0.717) is 19.4 Å². The van der Waals surface area contributed by atoms with Gasteiger partial charge in [0, 0.05) is 30.8 Å². The van der Waals surface area contributed by atoms with Crippen molar-refractivity contribution < 1.29 is 14.5 Å². The van der Waals surface area contributed by atoms with E-state index in [1.54, 1.807) is 12.1 Å². The average molecular weight is 280 g/mol. The molecule has 0 saturated carbocycles. The first-order valence-electron chi connectivity index (χ1n) is 6.48. The van der Waals surface area contributed by atoms with Crippen molar-refractivity contribution in [3.63, 3.8) is 0 Å². The van der Waals surface area contributed by atoms with Crippen LogP contribution in [0.2, 0.25) is 0 Å². The molecule has 0 heterocycles. The van der Waals surface area contributed by atoms with E-state index in [9.17, 15) is 14.9 Å². The van der Waals surface area contributed by atoms with Gasteiger partial charge in [-0.2, -0.15) is 0 Å². The smallest absolute Gasteiger partial charge is 0.306 e. The minimum atomic E-state index is -0.455. The third-order valence-corrected chi connectivity index (χ3v) is 2.38. The van der Waals surface area contributed by atoms with Gasteiger partial charge in [0.05, 0.1) is 4.92 Å². The zero-order valence-electron chi connectivity index (χ0n) is 12.0. The van der Waals surface area contributed by atoms with Crippen LogP contribution in [-0.2, 0) is 9.53 Å². The summed E-state index contributed by atoms with van der Waals surface area (Å²) in [6.07, 6.45) is 0.989. The Balaban J connectivity index is 2.27. The van der Waals surface area contributed by atoms with Crippen molar-refractivity contribution in [2.45, 2.75) is 39.2 Å². The second-order valence-electron chi connectivity index (χ2n) is 5.42. The summed E-state index contributed by atoms with van der Waals surface area (Å²) in [5.74, 6) is -0.219. The lowest BCUT2D eigenvalue weighted by molar-refractivity contribution is -0.384. The first-order chi connectivity index (χ1) is 9.28. The Labute approximate surface area is 118 Å². The van der Waals surface area contributed by atoms with E-state index in [2.05, 4.69) is 5.32 Å². The van der Waals surface area contributed by atoms with Gasteiger partial charge >= 0.3 is 5.97 Å². The summed E-state index contributed by atoms with van der Waals surface area (Å²) >= 11 is 0. The monoisotopic (exact) mass is 280 g/mol. The molecule has 0 amide bonds. The number of ether oxygens (including phenoxy) is 1. The highest BCUT2D eigenvalue weighted by molar-refractivity contribution is 5.69. The van der Waals surface area contributed by atoms with Gasteiger partial charge < -0.3 is 10.1 Å². The minimum absolute atomic E-state index is 0.0595. The number of esters is 1. The van der Waals surface area contributed by atoms with Crippen LogP contribution in [0, 0.1) is 10.1 Å². The number of benzene rings is 1. The number of nitro groups is 1. The molecule has 0 unspecified atom stereocenters. The number of carbonyl (C=O) groups is 1. The molecule has 0 saturated heterocycles. The highest BCUT2D eigenvalue weighted by Crippen LogP contribution is 2.15. The SMILES string of the molecule is CC(C)(C)OC(=O)CCCNc1ccc([N+](=O)[O-])cc1. The summed E-state index contributed by atoms with van der Waals surface area (Å²) in [4.78, 5) is 21.5. The van der Waals surface area contributed by atoms with Gasteiger partial charge in [0.2, 0.25) is 0 Å². The summed E-state index contributed by atoms with van der Waals surface area (Å²) in [5, 5.41) is 13.6. The maximum atomic E-state index is 11.5. The predicted octanol–water partition coefficient (Wildman–Crippen LogP) is 3.13. The van der Waals surface area contributed by atoms with Gasteiger partial charge in [-0.05, 0) is 39.3 Å². The molecule has 20 heavy (non-hydrogen) atoms. The first kappa shape index (κ1) is 15.9. The van der Waals surface area contributed by atoms with Crippen molar-refractivity contribution in [1.82, 2.24) is 0 Å². The number of nitrogens with zero attached hydrogens (tertiary/aromatic N) is 1. The average Bonchev–Trinajstić information content (AvgIpc) is 2.33. The molecule has 0 bridgehead atoms. The molecule has 1 aromatic rings. The number of hydrogen-bond donors (Lipinski definition) is 1. The molecule has 1 aromatic carbocycles. The van der Waals surface area contributed by atoms with Crippen molar-refractivity contribution in [3.8, 4) is 0 Å². The standard InChI is InChI=1S/C14H20N2O4/c1-14(2,3)20-13(17)5-4-10-15-11-6-8-12(9-7-11)16(18)19/h6-9,15H,4-5,10H2,1-3H3.